The van der Waals surface area contributed by atoms with Gasteiger partial charge >= 0.3 is 6.29 Å². The van der Waals surface area contributed by atoms with Crippen molar-refractivity contribution in [1.82, 2.24) is 15.3 Å². The van der Waals surface area contributed by atoms with E-state index in [1.54, 1.807) is 19.1 Å². The molecule has 0 bridgehead atoms. The van der Waals surface area contributed by atoms with E-state index in [0.29, 0.717) is 6.42 Å². The van der Waals surface area contributed by atoms with Gasteiger partial charge in [0.25, 0.3) is 0 Å². The Hall–Kier alpha value is -3.47. The van der Waals surface area contributed by atoms with Crippen molar-refractivity contribution in [2.45, 2.75) is 47.0 Å². The van der Waals surface area contributed by atoms with Gasteiger partial charge in [-0.15, -0.1) is 8.78 Å². The van der Waals surface area contributed by atoms with Crippen molar-refractivity contribution in [2.24, 2.45) is 0 Å². The minimum atomic E-state index is -3.89. The summed E-state index contributed by atoms with van der Waals surface area (Å²) >= 11 is 0. The van der Waals surface area contributed by atoms with E-state index >= 15 is 0 Å². The molecule has 3 N–H and O–H groups in total. The molecule has 11 heteroatoms. The molecule has 0 fully saturated rings. The molecule has 4 rings (SSSR count). The predicted octanol–water partition coefficient (Wildman–Crippen LogP) is 5.07. The number of hydrogen-bond donors (Lipinski definition) is 2. The second-order valence-electron chi connectivity index (χ2n) is 7.31. The van der Waals surface area contributed by atoms with Crippen molar-refractivity contribution < 1.29 is 31.8 Å². The number of nitrogen functional groups attached to an aromatic ring is 1. The van der Waals surface area contributed by atoms with Crippen molar-refractivity contribution in [3.05, 3.63) is 53.4 Å². The molecule has 1 aliphatic heterocycles. The summed E-state index contributed by atoms with van der Waals surface area (Å²) in [7, 11) is 0. The van der Waals surface area contributed by atoms with Gasteiger partial charge in [0, 0.05) is 17.8 Å². The highest BCUT2D eigenvalue weighted by Crippen LogP contribution is 2.45. The highest BCUT2D eigenvalue weighted by Gasteiger charge is 2.45. The Balaban J connectivity index is 0.000000238. The van der Waals surface area contributed by atoms with Gasteiger partial charge in [-0.3, -0.25) is 4.79 Å². The van der Waals surface area contributed by atoms with Gasteiger partial charge in [-0.2, -0.15) is 0 Å². The molecule has 1 aromatic heterocycles. The number of rotatable bonds is 5. The van der Waals surface area contributed by atoms with Gasteiger partial charge in [-0.25, -0.2) is 18.7 Å². The molecule has 34 heavy (non-hydrogen) atoms. The minimum absolute atomic E-state index is 0. The number of nitrogens with one attached hydrogen (secondary N) is 1. The summed E-state index contributed by atoms with van der Waals surface area (Å²) in [6, 6.07) is 7.38. The molecular weight excluding hydrogens is 456 g/mol. The Morgan fingerprint density at radius 1 is 1.18 bits per heavy atom. The smallest absolute Gasteiger partial charge is 0.395 e. The largest absolute Gasteiger partial charge is 0.586 e. The molecule has 0 unspecified atom stereocenters. The van der Waals surface area contributed by atoms with Crippen LogP contribution in [0.4, 0.5) is 23.4 Å². The molecule has 0 amide bonds. The third-order valence-corrected chi connectivity index (χ3v) is 4.66. The zero-order valence-electron chi connectivity index (χ0n) is 18.1. The fourth-order valence-electron chi connectivity index (χ4n) is 3.30. The number of alkyl halides is 2. The quantitative estimate of drug-likeness (QED) is 0.490. The van der Waals surface area contributed by atoms with E-state index < -0.39 is 23.6 Å². The van der Waals surface area contributed by atoms with E-state index in [-0.39, 0.29) is 47.6 Å². The standard InChI is InChI=1S/C12H16FNO.C10H6F3N3O2.CH4/c1-3-14-12(8-9(2)15)10-4-6-11(13)7-5-10;1-3-15-7-4(9(14)16-3)2-5-8(6(7)11)18-10(12,13)17-5;/h4-7,12,14H,3,8H2,1-2H3;2H,1H3,(H2,14,15,16);1H4/t12-;;/m1../s1. The lowest BCUT2D eigenvalue weighted by molar-refractivity contribution is -0.287. The van der Waals surface area contributed by atoms with Gasteiger partial charge in [0.15, 0.2) is 11.6 Å². The minimum Gasteiger partial charge on any atom is -0.395 e. The third kappa shape index (κ3) is 6.10. The van der Waals surface area contributed by atoms with Crippen LogP contribution in [0.1, 0.15) is 45.1 Å². The van der Waals surface area contributed by atoms with Crippen LogP contribution in [-0.4, -0.2) is 28.6 Å². The van der Waals surface area contributed by atoms with E-state index in [1.807, 2.05) is 6.92 Å². The van der Waals surface area contributed by atoms with Crippen molar-refractivity contribution in [2.75, 3.05) is 12.3 Å². The number of carbonyl (C=O) groups excluding carboxylic acids is 1. The number of nitrogens with two attached hydrogens (primary N) is 1. The highest BCUT2D eigenvalue weighted by atomic mass is 19.3. The molecule has 1 atom stereocenters. The first-order valence-corrected chi connectivity index (χ1v) is 10.0. The average molecular weight is 482 g/mol. The maximum atomic E-state index is 14.0. The highest BCUT2D eigenvalue weighted by molar-refractivity contribution is 5.91. The van der Waals surface area contributed by atoms with Gasteiger partial charge in [0.2, 0.25) is 5.75 Å². The van der Waals surface area contributed by atoms with Gasteiger partial charge in [0.1, 0.15) is 28.8 Å². The zero-order valence-corrected chi connectivity index (χ0v) is 18.1. The van der Waals surface area contributed by atoms with E-state index in [9.17, 15) is 22.4 Å². The van der Waals surface area contributed by atoms with Crippen LogP contribution in [0.2, 0.25) is 0 Å². The van der Waals surface area contributed by atoms with Crippen molar-refractivity contribution in [3.63, 3.8) is 0 Å². The topological polar surface area (TPSA) is 99.4 Å². The molecule has 1 aliphatic rings. The Labute approximate surface area is 194 Å². The summed E-state index contributed by atoms with van der Waals surface area (Å²) < 4.78 is 60.7. The monoisotopic (exact) mass is 482 g/mol. The van der Waals surface area contributed by atoms with E-state index in [4.69, 9.17) is 5.73 Å². The lowest BCUT2D eigenvalue weighted by Gasteiger charge is -2.16. The second kappa shape index (κ2) is 10.6. The SMILES string of the molecule is C.CCN[C@H](CC(C)=O)c1ccc(F)cc1.Cc1nc(N)c2cc3c(c(F)c2n1)OC(F)(F)O3. The third-order valence-electron chi connectivity index (χ3n) is 4.66. The van der Waals surface area contributed by atoms with E-state index in [1.165, 1.54) is 19.1 Å². The van der Waals surface area contributed by atoms with Crippen LogP contribution in [0.5, 0.6) is 11.5 Å². The number of ketones is 1. The van der Waals surface area contributed by atoms with Crippen LogP contribution in [0.3, 0.4) is 0 Å². The molecular formula is C23H26F4N4O3. The number of hydrogen-bond acceptors (Lipinski definition) is 7. The number of anilines is 1. The first-order chi connectivity index (χ1) is 15.5. The molecule has 0 radical (unpaired) electrons. The van der Waals surface area contributed by atoms with Crippen molar-refractivity contribution in [3.8, 4) is 11.5 Å². The van der Waals surface area contributed by atoms with Gasteiger partial charge in [-0.1, -0.05) is 26.5 Å². The molecule has 2 aromatic carbocycles. The molecule has 0 saturated heterocycles. The molecule has 0 spiro atoms. The summed E-state index contributed by atoms with van der Waals surface area (Å²) in [6.45, 7) is 5.84. The van der Waals surface area contributed by atoms with Crippen LogP contribution in [-0.2, 0) is 4.79 Å². The van der Waals surface area contributed by atoms with E-state index in [2.05, 4.69) is 24.8 Å². The first kappa shape index (κ1) is 26.8. The lowest BCUT2D eigenvalue weighted by atomic mass is 10.0. The number of carbonyl (C=O) groups is 1. The number of Topliss-reactive ketones (excluding diaryl/α,β-unsaturated/α-hetero) is 1. The van der Waals surface area contributed by atoms with Crippen molar-refractivity contribution >= 4 is 22.5 Å². The summed E-state index contributed by atoms with van der Waals surface area (Å²) in [5.74, 6) is -2.06. The average Bonchev–Trinajstić information content (AvgIpc) is 3.04. The molecule has 7 nitrogen and oxygen atoms in total. The molecule has 2 heterocycles. The Morgan fingerprint density at radius 3 is 2.41 bits per heavy atom. The van der Waals surface area contributed by atoms with Gasteiger partial charge < -0.3 is 20.5 Å². The Morgan fingerprint density at radius 2 is 1.82 bits per heavy atom. The van der Waals surface area contributed by atoms with E-state index in [0.717, 1.165) is 18.2 Å². The second-order valence-corrected chi connectivity index (χ2v) is 7.31. The summed E-state index contributed by atoms with van der Waals surface area (Å²) in [5.41, 5.74) is 6.36. The fraction of sp³-hybridized carbons (Fsp3) is 0.348. The number of nitrogens with zero attached hydrogens (tertiary/aromatic N) is 2. The number of ether oxygens (including phenoxy) is 2. The van der Waals surface area contributed by atoms with Gasteiger partial charge in [0.05, 0.1) is 0 Å². The maximum absolute atomic E-state index is 14.0. The molecule has 0 aliphatic carbocycles. The number of halogens is 4. The summed E-state index contributed by atoms with van der Waals surface area (Å²) in [4.78, 5) is 18.7. The first-order valence-electron chi connectivity index (χ1n) is 10.0. The predicted molar refractivity (Wildman–Crippen MR) is 120 cm³/mol. The molecule has 0 saturated carbocycles. The van der Waals surface area contributed by atoms with Crippen LogP contribution < -0.4 is 20.5 Å². The maximum Gasteiger partial charge on any atom is 0.586 e. The summed E-state index contributed by atoms with van der Waals surface area (Å²) in [5, 5.41) is 3.30. The van der Waals surface area contributed by atoms with Gasteiger partial charge in [-0.05, 0) is 44.2 Å². The van der Waals surface area contributed by atoms with Crippen LogP contribution in [0, 0.1) is 18.6 Å². The van der Waals surface area contributed by atoms with Crippen molar-refractivity contribution in [1.29, 1.82) is 0 Å². The number of fused-ring (bicyclic) bond motifs is 2. The fourth-order valence-corrected chi connectivity index (χ4v) is 3.30. The zero-order chi connectivity index (χ0) is 24.3. The Bertz CT molecular complexity index is 1170. The summed E-state index contributed by atoms with van der Waals surface area (Å²) in [6.07, 6.45) is -3.45. The van der Waals surface area contributed by atoms with Crippen LogP contribution >= 0.6 is 0 Å². The Kier molecular flexibility index (Phi) is 8.38. The number of benzene rings is 2. The van der Waals surface area contributed by atoms with Crippen LogP contribution in [0.15, 0.2) is 30.3 Å². The molecule has 184 valence electrons. The lowest BCUT2D eigenvalue weighted by Crippen LogP contribution is -2.26. The number of aromatic nitrogens is 2. The number of aryl methyl sites for hydroxylation is 1. The molecule has 3 aromatic rings. The van der Waals surface area contributed by atoms with Crippen LogP contribution in [0.25, 0.3) is 10.9 Å². The normalized spacial score (nSPS) is 14.1.